The summed E-state index contributed by atoms with van der Waals surface area (Å²) in [6.45, 7) is 6.00. The molecule has 0 radical (unpaired) electrons. The van der Waals surface area contributed by atoms with Gasteiger partial charge in [0.1, 0.15) is 9.84 Å². The maximum absolute atomic E-state index is 11.6. The summed E-state index contributed by atoms with van der Waals surface area (Å²) in [5.41, 5.74) is 0.0160. The van der Waals surface area contributed by atoms with Crippen LogP contribution in [0.5, 0.6) is 0 Å². The van der Waals surface area contributed by atoms with Crippen LogP contribution in [0.3, 0.4) is 0 Å². The van der Waals surface area contributed by atoms with Crippen molar-refractivity contribution in [2.24, 2.45) is 0 Å². The fraction of sp³-hybridized carbons (Fsp3) is 0.765. The van der Waals surface area contributed by atoms with E-state index >= 15 is 0 Å². The molecule has 0 aliphatic heterocycles. The lowest BCUT2D eigenvalue weighted by Crippen LogP contribution is -2.15. The molecule has 0 aromatic rings. The van der Waals surface area contributed by atoms with Crippen LogP contribution in [-0.2, 0) is 28.9 Å². The Kier molecular flexibility index (Phi) is 12.2. The van der Waals surface area contributed by atoms with E-state index in [1.165, 1.54) is 19.3 Å². The number of carbonyl (C=O) groups excluding carboxylic acids is 2. The summed E-state index contributed by atoms with van der Waals surface area (Å²) in [4.78, 5) is 23.2. The molecular weight excluding hydrogens is 332 g/mol. The van der Waals surface area contributed by atoms with Crippen molar-refractivity contribution in [2.75, 3.05) is 25.2 Å². The zero-order valence-electron chi connectivity index (χ0n) is 14.8. The van der Waals surface area contributed by atoms with Gasteiger partial charge in [0.2, 0.25) is 0 Å². The van der Waals surface area contributed by atoms with Crippen LogP contribution in [-0.4, -0.2) is 45.6 Å². The Morgan fingerprint density at radius 2 is 1.50 bits per heavy atom. The molecule has 0 heterocycles. The summed E-state index contributed by atoms with van der Waals surface area (Å²) >= 11 is 0. The molecule has 7 heteroatoms. The summed E-state index contributed by atoms with van der Waals surface area (Å²) in [6.07, 6.45) is 7.74. The van der Waals surface area contributed by atoms with Crippen LogP contribution in [0.15, 0.2) is 12.2 Å². The predicted molar refractivity (Wildman–Crippen MR) is 93.4 cm³/mol. The molecule has 0 saturated heterocycles. The smallest absolute Gasteiger partial charge is 0.333 e. The van der Waals surface area contributed by atoms with Crippen molar-refractivity contribution >= 4 is 21.8 Å². The van der Waals surface area contributed by atoms with Crippen LogP contribution in [0.1, 0.15) is 58.3 Å². The lowest BCUT2D eigenvalue weighted by molar-refractivity contribution is -0.146. The van der Waals surface area contributed by atoms with Gasteiger partial charge in [-0.3, -0.25) is 4.79 Å². The van der Waals surface area contributed by atoms with Gasteiger partial charge in [0.05, 0.1) is 25.4 Å². The highest BCUT2D eigenvalue weighted by Crippen LogP contribution is 2.07. The average Bonchev–Trinajstić information content (AvgIpc) is 2.49. The Morgan fingerprint density at radius 1 is 0.917 bits per heavy atom. The molecule has 0 aliphatic carbocycles. The first-order valence-corrected chi connectivity index (χ1v) is 10.5. The van der Waals surface area contributed by atoms with Gasteiger partial charge in [0.25, 0.3) is 0 Å². The van der Waals surface area contributed by atoms with E-state index in [0.717, 1.165) is 25.5 Å². The van der Waals surface area contributed by atoms with Crippen LogP contribution in [0, 0.1) is 0 Å². The van der Waals surface area contributed by atoms with Gasteiger partial charge in [-0.05, 0) is 12.8 Å². The fourth-order valence-electron chi connectivity index (χ4n) is 1.95. The third-order valence-electron chi connectivity index (χ3n) is 3.30. The van der Waals surface area contributed by atoms with Crippen molar-refractivity contribution < 1.29 is 27.5 Å². The molecule has 6 nitrogen and oxygen atoms in total. The summed E-state index contributed by atoms with van der Waals surface area (Å²) < 4.78 is 31.8. The Bertz CT molecular complexity index is 495. The molecular formula is C17H30O6S. The normalized spacial score (nSPS) is 11.1. The minimum atomic E-state index is -3.07. The number of hydrogen-bond donors (Lipinski definition) is 0. The van der Waals surface area contributed by atoms with E-state index in [0.29, 0.717) is 6.61 Å². The highest BCUT2D eigenvalue weighted by atomic mass is 32.2. The Morgan fingerprint density at radius 3 is 2.12 bits per heavy atom. The Balaban J connectivity index is 3.73. The predicted octanol–water partition coefficient (Wildman–Crippen LogP) is 2.81. The molecule has 0 N–H and O–H groups in total. The summed E-state index contributed by atoms with van der Waals surface area (Å²) in [5, 5.41) is 0. The Labute approximate surface area is 145 Å². The number of unbranched alkanes of at least 4 members (excludes halogenated alkanes) is 5. The first kappa shape index (κ1) is 22.6. The van der Waals surface area contributed by atoms with Gasteiger partial charge in [-0.25, -0.2) is 13.2 Å². The summed E-state index contributed by atoms with van der Waals surface area (Å²) in [5.74, 6) is -1.24. The molecule has 0 aromatic carbocycles. The van der Waals surface area contributed by atoms with E-state index in [1.54, 1.807) is 0 Å². The third-order valence-corrected chi connectivity index (χ3v) is 4.33. The summed E-state index contributed by atoms with van der Waals surface area (Å²) in [6, 6.07) is 0. The van der Waals surface area contributed by atoms with Gasteiger partial charge in [-0.1, -0.05) is 45.6 Å². The molecule has 0 saturated carbocycles. The standard InChI is InChI=1S/C17H30O6S/c1-4-5-6-7-8-9-11-22-16(18)14-15(2)17(19)23-12-10-13-24(3,20)21/h2,4-14H2,1,3H3. The largest absolute Gasteiger partial charge is 0.465 e. The number of rotatable bonds is 14. The average molecular weight is 362 g/mol. The van der Waals surface area contributed by atoms with Crippen molar-refractivity contribution in [1.82, 2.24) is 0 Å². The first-order chi connectivity index (χ1) is 11.3. The number of esters is 2. The second kappa shape index (κ2) is 13.0. The van der Waals surface area contributed by atoms with E-state index in [4.69, 9.17) is 9.47 Å². The molecule has 0 spiro atoms. The lowest BCUT2D eigenvalue weighted by atomic mass is 10.1. The van der Waals surface area contributed by atoms with Crippen molar-refractivity contribution in [3.8, 4) is 0 Å². The lowest BCUT2D eigenvalue weighted by Gasteiger charge is -2.07. The minimum absolute atomic E-state index is 0.0160. The van der Waals surface area contributed by atoms with Crippen molar-refractivity contribution in [3.63, 3.8) is 0 Å². The number of hydrogen-bond acceptors (Lipinski definition) is 6. The van der Waals surface area contributed by atoms with Crippen LogP contribution in [0.25, 0.3) is 0 Å². The number of sulfone groups is 1. The monoisotopic (exact) mass is 362 g/mol. The van der Waals surface area contributed by atoms with E-state index in [2.05, 4.69) is 13.5 Å². The van der Waals surface area contributed by atoms with Crippen molar-refractivity contribution in [1.29, 1.82) is 0 Å². The fourth-order valence-corrected chi connectivity index (χ4v) is 2.60. The van der Waals surface area contributed by atoms with Crippen molar-refractivity contribution in [2.45, 2.75) is 58.3 Å². The van der Waals surface area contributed by atoms with Gasteiger partial charge in [-0.15, -0.1) is 0 Å². The third kappa shape index (κ3) is 14.2. The molecule has 24 heavy (non-hydrogen) atoms. The second-order valence-corrected chi connectivity index (χ2v) is 8.15. The van der Waals surface area contributed by atoms with Crippen LogP contribution >= 0.6 is 0 Å². The highest BCUT2D eigenvalue weighted by Gasteiger charge is 2.14. The van der Waals surface area contributed by atoms with E-state index in [9.17, 15) is 18.0 Å². The van der Waals surface area contributed by atoms with Gasteiger partial charge < -0.3 is 9.47 Å². The Hall–Kier alpha value is -1.37. The van der Waals surface area contributed by atoms with E-state index in [-0.39, 0.29) is 30.8 Å². The molecule has 0 unspecified atom stereocenters. The molecule has 140 valence electrons. The van der Waals surface area contributed by atoms with Gasteiger partial charge in [0.15, 0.2) is 0 Å². The van der Waals surface area contributed by atoms with Gasteiger partial charge in [-0.2, -0.15) is 0 Å². The van der Waals surface area contributed by atoms with Crippen LogP contribution < -0.4 is 0 Å². The minimum Gasteiger partial charge on any atom is -0.465 e. The molecule has 0 rings (SSSR count). The number of ether oxygens (including phenoxy) is 2. The quantitative estimate of drug-likeness (QED) is 0.268. The molecule has 0 aromatic heterocycles. The van der Waals surface area contributed by atoms with E-state index < -0.39 is 21.8 Å². The van der Waals surface area contributed by atoms with Crippen LogP contribution in [0.4, 0.5) is 0 Å². The number of carbonyl (C=O) groups is 2. The molecule has 0 aliphatic rings. The SMILES string of the molecule is C=C(CC(=O)OCCCCCCCC)C(=O)OCCCS(C)(=O)=O. The van der Waals surface area contributed by atoms with Crippen molar-refractivity contribution in [3.05, 3.63) is 12.2 Å². The van der Waals surface area contributed by atoms with Gasteiger partial charge >= 0.3 is 11.9 Å². The summed E-state index contributed by atoms with van der Waals surface area (Å²) in [7, 11) is -3.07. The second-order valence-electron chi connectivity index (χ2n) is 5.89. The maximum atomic E-state index is 11.6. The first-order valence-electron chi connectivity index (χ1n) is 8.44. The highest BCUT2D eigenvalue weighted by molar-refractivity contribution is 7.90. The van der Waals surface area contributed by atoms with Gasteiger partial charge in [0, 0.05) is 11.8 Å². The van der Waals surface area contributed by atoms with Crippen LogP contribution in [0.2, 0.25) is 0 Å². The zero-order valence-corrected chi connectivity index (χ0v) is 15.7. The molecule has 0 bridgehead atoms. The molecule has 0 atom stereocenters. The topological polar surface area (TPSA) is 86.7 Å². The maximum Gasteiger partial charge on any atom is 0.333 e. The zero-order chi connectivity index (χ0) is 18.4. The molecule has 0 fully saturated rings. The van der Waals surface area contributed by atoms with E-state index in [1.807, 2.05) is 0 Å². The molecule has 0 amide bonds.